The third kappa shape index (κ3) is 3.21. The summed E-state index contributed by atoms with van der Waals surface area (Å²) in [5, 5.41) is 10.2. The molecule has 0 fully saturated rings. The van der Waals surface area contributed by atoms with Gasteiger partial charge in [0.2, 0.25) is 0 Å². The standard InChI is InChI=1S/C9H11IN2/c1-7(11)12-6-8-3-2-4-9(10)5-8/h2-5H,6H2,1H3,(H2,11,12)/i10-3. The highest BCUT2D eigenvalue weighted by Gasteiger charge is 1.92. The highest BCUT2D eigenvalue weighted by atomic mass is 124. The van der Waals surface area contributed by atoms with Gasteiger partial charge in [0.1, 0.15) is 0 Å². The van der Waals surface area contributed by atoms with Crippen molar-refractivity contribution in [2.75, 3.05) is 0 Å². The van der Waals surface area contributed by atoms with E-state index in [-0.39, 0.29) is 0 Å². The molecule has 0 aliphatic carbocycles. The zero-order chi connectivity index (χ0) is 8.97. The molecule has 0 aliphatic rings. The van der Waals surface area contributed by atoms with Gasteiger partial charge in [-0.2, -0.15) is 0 Å². The van der Waals surface area contributed by atoms with Gasteiger partial charge in [-0.1, -0.05) is 12.1 Å². The van der Waals surface area contributed by atoms with Crippen LogP contribution in [-0.2, 0) is 6.54 Å². The number of rotatable bonds is 2. The van der Waals surface area contributed by atoms with Crippen molar-refractivity contribution >= 4 is 28.4 Å². The molecule has 0 aliphatic heterocycles. The zero-order valence-electron chi connectivity index (χ0n) is 6.89. The predicted octanol–water partition coefficient (Wildman–Crippen LogP) is 2.38. The van der Waals surface area contributed by atoms with Crippen LogP contribution in [0.5, 0.6) is 0 Å². The van der Waals surface area contributed by atoms with E-state index in [1.807, 2.05) is 6.07 Å². The monoisotopic (exact) mass is 271 g/mol. The van der Waals surface area contributed by atoms with Gasteiger partial charge in [0.15, 0.2) is 0 Å². The van der Waals surface area contributed by atoms with Gasteiger partial charge in [0, 0.05) is 10.1 Å². The number of amidine groups is 1. The van der Waals surface area contributed by atoms with Gasteiger partial charge in [0.05, 0.1) is 5.84 Å². The average molecular weight is 271 g/mol. The lowest BCUT2D eigenvalue weighted by Gasteiger charge is -2.03. The third-order valence-electron chi connectivity index (χ3n) is 1.45. The fourth-order valence-corrected chi connectivity index (χ4v) is 1.49. The normalized spacial score (nSPS) is 9.50. The summed E-state index contributed by atoms with van der Waals surface area (Å²) in [5.41, 5.74) is 1.22. The van der Waals surface area contributed by atoms with Crippen LogP contribution in [0.4, 0.5) is 0 Å². The highest BCUT2D eigenvalue weighted by molar-refractivity contribution is 14.1. The largest absolute Gasteiger partial charge is 0.370 e. The third-order valence-corrected chi connectivity index (χ3v) is 2.12. The maximum Gasteiger partial charge on any atom is 0.0902 e. The molecule has 0 atom stereocenters. The van der Waals surface area contributed by atoms with Crippen molar-refractivity contribution in [1.29, 1.82) is 5.41 Å². The molecule has 12 heavy (non-hydrogen) atoms. The highest BCUT2D eigenvalue weighted by Crippen LogP contribution is 2.06. The molecule has 0 radical (unpaired) electrons. The first-order valence-corrected chi connectivity index (χ1v) is 4.80. The molecule has 0 saturated heterocycles. The topological polar surface area (TPSA) is 35.9 Å². The Morgan fingerprint density at radius 1 is 1.58 bits per heavy atom. The van der Waals surface area contributed by atoms with Crippen LogP contribution in [-0.4, -0.2) is 5.84 Å². The molecule has 3 heteroatoms. The molecule has 1 aromatic rings. The van der Waals surface area contributed by atoms with Crippen molar-refractivity contribution in [2.45, 2.75) is 13.5 Å². The van der Waals surface area contributed by atoms with Gasteiger partial charge >= 0.3 is 0 Å². The summed E-state index contributed by atoms with van der Waals surface area (Å²) in [4.78, 5) is 0. The molecule has 64 valence electrons. The predicted molar refractivity (Wildman–Crippen MR) is 59.4 cm³/mol. The summed E-state index contributed by atoms with van der Waals surface area (Å²) in [6.45, 7) is 2.49. The zero-order valence-corrected chi connectivity index (χ0v) is 9.05. The summed E-state index contributed by atoms with van der Waals surface area (Å²) < 4.78 is 1.23. The van der Waals surface area contributed by atoms with E-state index in [1.54, 1.807) is 6.92 Å². The van der Waals surface area contributed by atoms with Crippen LogP contribution in [0.1, 0.15) is 12.5 Å². The molecule has 2 nitrogen and oxygen atoms in total. The van der Waals surface area contributed by atoms with E-state index in [4.69, 9.17) is 5.41 Å². The second kappa shape index (κ2) is 4.45. The van der Waals surface area contributed by atoms with E-state index in [0.29, 0.717) is 5.84 Å². The molecule has 0 bridgehead atoms. The minimum absolute atomic E-state index is 0.508. The maximum absolute atomic E-state index is 7.18. The molecule has 0 saturated carbocycles. The maximum atomic E-state index is 7.18. The number of hydrogen-bond donors (Lipinski definition) is 2. The Kier molecular flexibility index (Phi) is 3.52. The Labute approximate surface area is 86.0 Å². The fraction of sp³-hybridized carbons (Fsp3) is 0.222. The van der Waals surface area contributed by atoms with Crippen LogP contribution >= 0.6 is 22.6 Å². The van der Waals surface area contributed by atoms with Gasteiger partial charge in [-0.25, -0.2) is 0 Å². The first kappa shape index (κ1) is 9.51. The Morgan fingerprint density at radius 3 is 2.92 bits per heavy atom. The Morgan fingerprint density at radius 2 is 2.33 bits per heavy atom. The van der Waals surface area contributed by atoms with Crippen molar-refractivity contribution < 1.29 is 0 Å². The van der Waals surface area contributed by atoms with E-state index in [1.165, 1.54) is 9.13 Å². The Bertz CT molecular complexity index is 284. The molecule has 0 aromatic heterocycles. The Balaban J connectivity index is 2.57. The van der Waals surface area contributed by atoms with Crippen molar-refractivity contribution in [3.8, 4) is 0 Å². The summed E-state index contributed by atoms with van der Waals surface area (Å²) in [5.74, 6) is 0.508. The fourth-order valence-electron chi connectivity index (χ4n) is 0.882. The molecular formula is C9H11IN2. The summed E-state index contributed by atoms with van der Waals surface area (Å²) in [6, 6.07) is 8.24. The second-order valence-corrected chi connectivity index (χ2v) is 3.85. The van der Waals surface area contributed by atoms with Gasteiger partial charge in [-0.3, -0.25) is 5.41 Å². The first-order valence-electron chi connectivity index (χ1n) is 3.72. The van der Waals surface area contributed by atoms with Crippen LogP contribution in [0, 0.1) is 8.98 Å². The molecular weight excluding hydrogens is 260 g/mol. The molecule has 2 N–H and O–H groups in total. The lowest BCUT2D eigenvalue weighted by molar-refractivity contribution is 0.901. The van der Waals surface area contributed by atoms with Crippen molar-refractivity contribution in [2.24, 2.45) is 0 Å². The number of halogens is 1. The Hall–Kier alpha value is -0.580. The second-order valence-electron chi connectivity index (χ2n) is 2.61. The SMILES string of the molecule is CC(=N)NCc1cccc([124I])c1. The minimum Gasteiger partial charge on any atom is -0.370 e. The molecule has 1 aromatic carbocycles. The summed E-state index contributed by atoms with van der Waals surface area (Å²) in [6.07, 6.45) is 0. The molecule has 0 spiro atoms. The van der Waals surface area contributed by atoms with Gasteiger partial charge < -0.3 is 5.32 Å². The van der Waals surface area contributed by atoms with Gasteiger partial charge in [-0.15, -0.1) is 0 Å². The lowest BCUT2D eigenvalue weighted by atomic mass is 10.2. The quantitative estimate of drug-likeness (QED) is 0.483. The van der Waals surface area contributed by atoms with E-state index in [0.717, 1.165) is 6.54 Å². The minimum atomic E-state index is 0.508. The van der Waals surface area contributed by atoms with Crippen LogP contribution in [0.25, 0.3) is 0 Å². The average Bonchev–Trinajstić information content (AvgIpc) is 2.01. The lowest BCUT2D eigenvalue weighted by Crippen LogP contribution is -2.18. The first-order chi connectivity index (χ1) is 5.68. The van der Waals surface area contributed by atoms with Crippen molar-refractivity contribution in [3.63, 3.8) is 0 Å². The van der Waals surface area contributed by atoms with E-state index >= 15 is 0 Å². The van der Waals surface area contributed by atoms with Crippen molar-refractivity contribution in [3.05, 3.63) is 33.4 Å². The number of nitrogens with one attached hydrogen (secondary N) is 2. The number of hydrogen-bond acceptors (Lipinski definition) is 1. The van der Waals surface area contributed by atoms with E-state index < -0.39 is 0 Å². The van der Waals surface area contributed by atoms with Gasteiger partial charge in [0.25, 0.3) is 0 Å². The molecule has 0 unspecified atom stereocenters. The van der Waals surface area contributed by atoms with Crippen LogP contribution in [0.2, 0.25) is 0 Å². The summed E-state index contributed by atoms with van der Waals surface area (Å²) >= 11 is 2.28. The smallest absolute Gasteiger partial charge is 0.0902 e. The van der Waals surface area contributed by atoms with Crippen molar-refractivity contribution in [1.82, 2.24) is 5.32 Å². The van der Waals surface area contributed by atoms with Crippen LogP contribution in [0.3, 0.4) is 0 Å². The molecule has 0 heterocycles. The molecule has 0 amide bonds. The number of benzene rings is 1. The van der Waals surface area contributed by atoms with E-state index in [2.05, 4.69) is 46.1 Å². The van der Waals surface area contributed by atoms with Crippen LogP contribution in [0.15, 0.2) is 24.3 Å². The van der Waals surface area contributed by atoms with E-state index in [9.17, 15) is 0 Å². The van der Waals surface area contributed by atoms with Gasteiger partial charge in [-0.05, 0) is 47.2 Å². The molecule has 1 rings (SSSR count). The van der Waals surface area contributed by atoms with Crippen LogP contribution < -0.4 is 5.32 Å². The summed E-state index contributed by atoms with van der Waals surface area (Å²) in [7, 11) is 0.